The van der Waals surface area contributed by atoms with E-state index in [4.69, 9.17) is 9.73 Å². The van der Waals surface area contributed by atoms with E-state index in [-0.39, 0.29) is 0 Å². The van der Waals surface area contributed by atoms with E-state index in [9.17, 15) is 4.79 Å². The first-order valence-electron chi connectivity index (χ1n) is 11.3. The molecule has 0 aromatic heterocycles. The van der Waals surface area contributed by atoms with Gasteiger partial charge in [-0.05, 0) is 32.6 Å². The largest absolute Gasteiger partial charge is 0.381 e. The predicted octanol–water partition coefficient (Wildman–Crippen LogP) is 1.01. The average Bonchev–Trinajstić information content (AvgIpc) is 3.30. The van der Waals surface area contributed by atoms with Crippen LogP contribution in [-0.4, -0.2) is 98.7 Å². The molecular weight excluding hydrogens is 354 g/mol. The minimum Gasteiger partial charge on any atom is -0.381 e. The van der Waals surface area contributed by atoms with Crippen LogP contribution in [0.5, 0.6) is 0 Å². The van der Waals surface area contributed by atoms with Crippen molar-refractivity contribution in [2.75, 3.05) is 72.1 Å². The number of carbonyl (C=O) groups is 1. The number of piperazine rings is 1. The van der Waals surface area contributed by atoms with Crippen LogP contribution in [0.3, 0.4) is 0 Å². The second kappa shape index (κ2) is 8.99. The molecule has 0 aromatic carbocycles. The highest BCUT2D eigenvalue weighted by atomic mass is 16.5. The van der Waals surface area contributed by atoms with Crippen LogP contribution in [0.15, 0.2) is 4.99 Å². The van der Waals surface area contributed by atoms with Crippen LogP contribution in [0.2, 0.25) is 0 Å². The third-order valence-electron chi connectivity index (χ3n) is 7.07. The van der Waals surface area contributed by atoms with Gasteiger partial charge >= 0.3 is 0 Å². The van der Waals surface area contributed by atoms with Crippen molar-refractivity contribution in [1.82, 2.24) is 20.0 Å². The molecule has 7 nitrogen and oxygen atoms in total. The number of nitrogens with zero attached hydrogens (tertiary/aromatic N) is 4. The molecular formula is C21H37N5O2. The lowest BCUT2D eigenvalue weighted by molar-refractivity contribution is -0.139. The van der Waals surface area contributed by atoms with Crippen molar-refractivity contribution in [2.45, 2.75) is 39.0 Å². The highest BCUT2D eigenvalue weighted by Gasteiger charge is 2.42. The predicted molar refractivity (Wildman–Crippen MR) is 110 cm³/mol. The minimum atomic E-state index is 0.327. The Labute approximate surface area is 169 Å². The van der Waals surface area contributed by atoms with Crippen LogP contribution in [0.1, 0.15) is 39.0 Å². The van der Waals surface area contributed by atoms with Gasteiger partial charge in [0.1, 0.15) is 0 Å². The van der Waals surface area contributed by atoms with Gasteiger partial charge in [0.25, 0.3) is 0 Å². The number of rotatable bonds is 5. The van der Waals surface area contributed by atoms with Crippen molar-refractivity contribution in [1.29, 1.82) is 0 Å². The fourth-order valence-corrected chi connectivity index (χ4v) is 4.92. The fraction of sp³-hybridized carbons (Fsp3) is 0.905. The van der Waals surface area contributed by atoms with Crippen molar-refractivity contribution in [3.05, 3.63) is 0 Å². The van der Waals surface area contributed by atoms with E-state index in [1.165, 1.54) is 19.3 Å². The molecule has 158 valence electrons. The van der Waals surface area contributed by atoms with Gasteiger partial charge in [0, 0.05) is 70.3 Å². The van der Waals surface area contributed by atoms with Crippen molar-refractivity contribution in [3.63, 3.8) is 0 Å². The molecule has 4 fully saturated rings. The number of carbonyl (C=O) groups excluding carboxylic acids is 1. The first-order valence-corrected chi connectivity index (χ1v) is 11.3. The zero-order valence-electron chi connectivity index (χ0n) is 17.5. The molecule has 7 heteroatoms. The smallest absolute Gasteiger partial charge is 0.225 e. The normalized spacial score (nSPS) is 29.5. The van der Waals surface area contributed by atoms with Crippen LogP contribution < -0.4 is 5.32 Å². The zero-order chi connectivity index (χ0) is 19.4. The molecule has 0 bridgehead atoms. The standard InChI is InChI=1S/C21H37N5O2/c1-2-22-20(26-9-6-21(16-26)7-15-28-17-21)23-8-10-24-11-13-25(14-12-24)19(27)18-4-3-5-18/h18H,2-17H2,1H3,(H,22,23). The summed E-state index contributed by atoms with van der Waals surface area (Å²) in [5, 5.41) is 3.48. The Bertz CT molecular complexity index is 563. The van der Waals surface area contributed by atoms with Crippen molar-refractivity contribution < 1.29 is 9.53 Å². The Morgan fingerprint density at radius 2 is 1.96 bits per heavy atom. The quantitative estimate of drug-likeness (QED) is 0.560. The van der Waals surface area contributed by atoms with Crippen LogP contribution in [0.4, 0.5) is 0 Å². The van der Waals surface area contributed by atoms with Crippen LogP contribution in [0, 0.1) is 11.3 Å². The van der Waals surface area contributed by atoms with Gasteiger partial charge in [-0.2, -0.15) is 0 Å². The fourth-order valence-electron chi connectivity index (χ4n) is 4.92. The second-order valence-electron chi connectivity index (χ2n) is 9.00. The maximum atomic E-state index is 12.4. The van der Waals surface area contributed by atoms with Crippen molar-refractivity contribution >= 4 is 11.9 Å². The Kier molecular flexibility index (Phi) is 6.41. The summed E-state index contributed by atoms with van der Waals surface area (Å²) >= 11 is 0. The highest BCUT2D eigenvalue weighted by Crippen LogP contribution is 2.38. The first kappa shape index (κ1) is 20.0. The third kappa shape index (κ3) is 4.46. The SMILES string of the molecule is CCNC(=NCCN1CCN(C(=O)C2CCC2)CC1)N1CCC2(CCOC2)C1. The molecule has 1 unspecified atom stereocenters. The molecule has 3 saturated heterocycles. The first-order chi connectivity index (χ1) is 13.7. The second-order valence-corrected chi connectivity index (χ2v) is 9.00. The van der Waals surface area contributed by atoms with Gasteiger partial charge in [-0.3, -0.25) is 14.7 Å². The monoisotopic (exact) mass is 391 g/mol. The summed E-state index contributed by atoms with van der Waals surface area (Å²) in [5.41, 5.74) is 0.361. The van der Waals surface area contributed by atoms with E-state index in [0.29, 0.717) is 17.2 Å². The minimum absolute atomic E-state index is 0.327. The van der Waals surface area contributed by atoms with E-state index in [0.717, 1.165) is 90.9 Å². The summed E-state index contributed by atoms with van der Waals surface area (Å²) in [4.78, 5) is 24.3. The maximum Gasteiger partial charge on any atom is 0.225 e. The molecule has 4 rings (SSSR count). The summed E-state index contributed by atoms with van der Waals surface area (Å²) < 4.78 is 5.66. The Balaban J connectivity index is 1.22. The highest BCUT2D eigenvalue weighted by molar-refractivity contribution is 5.80. The summed E-state index contributed by atoms with van der Waals surface area (Å²) in [7, 11) is 0. The lowest BCUT2D eigenvalue weighted by atomic mass is 9.84. The van der Waals surface area contributed by atoms with E-state index in [2.05, 4.69) is 26.9 Å². The molecule has 0 aromatic rings. The number of nitrogens with one attached hydrogen (secondary N) is 1. The number of hydrogen-bond acceptors (Lipinski definition) is 4. The number of guanidine groups is 1. The van der Waals surface area contributed by atoms with Gasteiger partial charge < -0.3 is 19.9 Å². The molecule has 0 radical (unpaired) electrons. The lowest BCUT2D eigenvalue weighted by Gasteiger charge is -2.38. The molecule has 1 N–H and O–H groups in total. The van der Waals surface area contributed by atoms with Gasteiger partial charge in [-0.15, -0.1) is 0 Å². The van der Waals surface area contributed by atoms with E-state index in [1.54, 1.807) is 0 Å². The number of amides is 1. The number of likely N-dealkylation sites (tertiary alicyclic amines) is 1. The Morgan fingerprint density at radius 1 is 1.14 bits per heavy atom. The van der Waals surface area contributed by atoms with Gasteiger partial charge in [-0.1, -0.05) is 6.42 Å². The van der Waals surface area contributed by atoms with Gasteiger partial charge in [0.15, 0.2) is 5.96 Å². The average molecular weight is 392 g/mol. The van der Waals surface area contributed by atoms with E-state index in [1.807, 2.05) is 0 Å². The summed E-state index contributed by atoms with van der Waals surface area (Å²) in [6.45, 7) is 12.5. The van der Waals surface area contributed by atoms with Gasteiger partial charge in [-0.25, -0.2) is 0 Å². The zero-order valence-corrected chi connectivity index (χ0v) is 17.5. The summed E-state index contributed by atoms with van der Waals surface area (Å²) in [5.74, 6) is 1.79. The van der Waals surface area contributed by atoms with Crippen molar-refractivity contribution in [3.8, 4) is 0 Å². The Hall–Kier alpha value is -1.34. The topological polar surface area (TPSA) is 60.4 Å². The summed E-state index contributed by atoms with van der Waals surface area (Å²) in [6, 6.07) is 0. The molecule has 4 aliphatic rings. The van der Waals surface area contributed by atoms with Gasteiger partial charge in [0.05, 0.1) is 13.2 Å². The molecule has 3 aliphatic heterocycles. The molecule has 28 heavy (non-hydrogen) atoms. The molecule has 1 amide bonds. The van der Waals surface area contributed by atoms with Crippen LogP contribution >= 0.6 is 0 Å². The van der Waals surface area contributed by atoms with E-state index < -0.39 is 0 Å². The van der Waals surface area contributed by atoms with Crippen LogP contribution in [-0.2, 0) is 9.53 Å². The van der Waals surface area contributed by atoms with Crippen molar-refractivity contribution in [2.24, 2.45) is 16.3 Å². The third-order valence-corrected chi connectivity index (χ3v) is 7.07. The number of aliphatic imine (C=N–C) groups is 1. The molecule has 1 atom stereocenters. The maximum absolute atomic E-state index is 12.4. The molecule has 1 aliphatic carbocycles. The Morgan fingerprint density at radius 3 is 2.61 bits per heavy atom. The van der Waals surface area contributed by atoms with Crippen LogP contribution in [0.25, 0.3) is 0 Å². The molecule has 1 saturated carbocycles. The number of ether oxygens (including phenoxy) is 1. The summed E-state index contributed by atoms with van der Waals surface area (Å²) in [6.07, 6.45) is 5.84. The lowest BCUT2D eigenvalue weighted by Crippen LogP contribution is -2.51. The number of hydrogen-bond donors (Lipinski definition) is 1. The van der Waals surface area contributed by atoms with Gasteiger partial charge in [0.2, 0.25) is 5.91 Å². The molecule has 1 spiro atoms. The molecule has 3 heterocycles. The van der Waals surface area contributed by atoms with E-state index >= 15 is 0 Å².